The van der Waals surface area contributed by atoms with Crippen LogP contribution in [0.1, 0.15) is 47.9 Å². The molecule has 0 N–H and O–H groups in total. The third kappa shape index (κ3) is 3.25. The van der Waals surface area contributed by atoms with Crippen molar-refractivity contribution < 1.29 is 9.15 Å². The maximum Gasteiger partial charge on any atom is 0.240 e. The SMILES string of the molecule is Cn1cc([C@@H]2OCCC[C@H]2c2nnc(/C=C/c3ccnn3C)o2)cn1. The fourth-order valence-electron chi connectivity index (χ4n) is 3.12. The third-order valence-electron chi connectivity index (χ3n) is 4.40. The van der Waals surface area contributed by atoms with Gasteiger partial charge in [0.2, 0.25) is 11.8 Å². The average molecular weight is 340 g/mol. The fourth-order valence-corrected chi connectivity index (χ4v) is 3.12. The van der Waals surface area contributed by atoms with Crippen molar-refractivity contribution in [2.45, 2.75) is 24.9 Å². The molecule has 1 fully saturated rings. The van der Waals surface area contributed by atoms with E-state index in [1.807, 2.05) is 38.6 Å². The quantitative estimate of drug-likeness (QED) is 0.725. The molecule has 0 bridgehead atoms. The van der Waals surface area contributed by atoms with Crippen LogP contribution in [0, 0.1) is 0 Å². The van der Waals surface area contributed by atoms with Crippen molar-refractivity contribution in [1.82, 2.24) is 29.8 Å². The van der Waals surface area contributed by atoms with Gasteiger partial charge in [-0.25, -0.2) is 0 Å². The van der Waals surface area contributed by atoms with Gasteiger partial charge in [-0.05, 0) is 25.0 Å². The van der Waals surface area contributed by atoms with E-state index in [1.165, 1.54) is 0 Å². The van der Waals surface area contributed by atoms with E-state index in [-0.39, 0.29) is 12.0 Å². The Morgan fingerprint density at radius 1 is 1.20 bits per heavy atom. The van der Waals surface area contributed by atoms with Gasteiger partial charge in [0.25, 0.3) is 0 Å². The normalized spacial score (nSPS) is 21.2. The van der Waals surface area contributed by atoms with E-state index in [0.29, 0.717) is 11.8 Å². The molecule has 0 saturated carbocycles. The molecule has 3 aromatic rings. The van der Waals surface area contributed by atoms with Gasteiger partial charge in [0.05, 0.1) is 23.9 Å². The minimum absolute atomic E-state index is 0.0457. The highest BCUT2D eigenvalue weighted by atomic mass is 16.5. The summed E-state index contributed by atoms with van der Waals surface area (Å²) < 4.78 is 15.4. The molecule has 25 heavy (non-hydrogen) atoms. The molecule has 130 valence electrons. The summed E-state index contributed by atoms with van der Waals surface area (Å²) in [5.74, 6) is 1.13. The summed E-state index contributed by atoms with van der Waals surface area (Å²) in [7, 11) is 3.78. The zero-order valence-corrected chi connectivity index (χ0v) is 14.2. The minimum Gasteiger partial charge on any atom is -0.421 e. The first kappa shape index (κ1) is 15.8. The standard InChI is InChI=1S/C17H20N6O2/c1-22-11-12(10-19-22)16-14(4-3-9-24-16)17-21-20-15(25-17)6-5-13-7-8-18-23(13)2/h5-8,10-11,14,16H,3-4,9H2,1-2H3/b6-5+/t14-,16+/m1/s1. The molecule has 1 aliphatic rings. The lowest BCUT2D eigenvalue weighted by Gasteiger charge is -2.28. The Balaban J connectivity index is 1.55. The average Bonchev–Trinajstić information content (AvgIpc) is 3.34. The van der Waals surface area contributed by atoms with E-state index in [4.69, 9.17) is 9.15 Å². The Labute approximate surface area is 145 Å². The summed E-state index contributed by atoms with van der Waals surface area (Å²) in [6.07, 6.45) is 11.1. The van der Waals surface area contributed by atoms with E-state index in [0.717, 1.165) is 30.7 Å². The van der Waals surface area contributed by atoms with Crippen molar-refractivity contribution in [2.24, 2.45) is 14.1 Å². The van der Waals surface area contributed by atoms with E-state index in [2.05, 4.69) is 20.4 Å². The second kappa shape index (κ2) is 6.64. The summed E-state index contributed by atoms with van der Waals surface area (Å²) in [6.45, 7) is 0.734. The van der Waals surface area contributed by atoms with Crippen molar-refractivity contribution in [3.63, 3.8) is 0 Å². The second-order valence-corrected chi connectivity index (χ2v) is 6.18. The lowest BCUT2D eigenvalue weighted by Crippen LogP contribution is -2.21. The molecule has 8 nitrogen and oxygen atoms in total. The first-order valence-electron chi connectivity index (χ1n) is 8.30. The number of aryl methyl sites for hydroxylation is 2. The molecule has 3 aromatic heterocycles. The predicted molar refractivity (Wildman–Crippen MR) is 90.3 cm³/mol. The summed E-state index contributed by atoms with van der Waals surface area (Å²) >= 11 is 0. The lowest BCUT2D eigenvalue weighted by molar-refractivity contribution is -0.00908. The molecule has 1 saturated heterocycles. The Morgan fingerprint density at radius 3 is 2.88 bits per heavy atom. The number of rotatable bonds is 4. The fraction of sp³-hybridized carbons (Fsp3) is 0.412. The number of hydrogen-bond donors (Lipinski definition) is 0. The first-order chi connectivity index (χ1) is 12.2. The zero-order valence-electron chi connectivity index (χ0n) is 14.2. The van der Waals surface area contributed by atoms with E-state index < -0.39 is 0 Å². The largest absolute Gasteiger partial charge is 0.421 e. The minimum atomic E-state index is -0.100. The van der Waals surface area contributed by atoms with Crippen molar-refractivity contribution in [1.29, 1.82) is 0 Å². The topological polar surface area (TPSA) is 83.8 Å². The van der Waals surface area contributed by atoms with Gasteiger partial charge in [0.1, 0.15) is 0 Å². The van der Waals surface area contributed by atoms with Crippen LogP contribution in [0.5, 0.6) is 0 Å². The van der Waals surface area contributed by atoms with Gasteiger partial charge in [-0.3, -0.25) is 9.36 Å². The monoisotopic (exact) mass is 340 g/mol. The summed E-state index contributed by atoms with van der Waals surface area (Å²) in [6, 6.07) is 1.92. The third-order valence-corrected chi connectivity index (χ3v) is 4.40. The molecule has 0 aliphatic carbocycles. The smallest absolute Gasteiger partial charge is 0.240 e. The van der Waals surface area contributed by atoms with Crippen LogP contribution in [-0.4, -0.2) is 36.4 Å². The van der Waals surface area contributed by atoms with Crippen molar-refractivity contribution in [3.05, 3.63) is 47.7 Å². The number of nitrogens with zero attached hydrogens (tertiary/aromatic N) is 6. The van der Waals surface area contributed by atoms with Crippen LogP contribution in [0.15, 0.2) is 29.1 Å². The van der Waals surface area contributed by atoms with E-state index in [1.54, 1.807) is 21.6 Å². The van der Waals surface area contributed by atoms with Crippen molar-refractivity contribution in [2.75, 3.05) is 6.61 Å². The van der Waals surface area contributed by atoms with Crippen LogP contribution in [0.25, 0.3) is 12.2 Å². The second-order valence-electron chi connectivity index (χ2n) is 6.18. The lowest BCUT2D eigenvalue weighted by atomic mass is 9.91. The van der Waals surface area contributed by atoms with Gasteiger partial charge in [-0.15, -0.1) is 10.2 Å². The van der Waals surface area contributed by atoms with Crippen molar-refractivity contribution >= 4 is 12.2 Å². The Bertz CT molecular complexity index is 877. The van der Waals surface area contributed by atoms with Crippen molar-refractivity contribution in [3.8, 4) is 0 Å². The van der Waals surface area contributed by atoms with Gasteiger partial charge in [0.15, 0.2) is 0 Å². The van der Waals surface area contributed by atoms with Crippen LogP contribution >= 0.6 is 0 Å². The molecule has 2 atom stereocenters. The van der Waals surface area contributed by atoms with Gasteiger partial charge < -0.3 is 9.15 Å². The summed E-state index contributed by atoms with van der Waals surface area (Å²) in [4.78, 5) is 0. The highest BCUT2D eigenvalue weighted by Crippen LogP contribution is 2.40. The Kier molecular flexibility index (Phi) is 4.19. The van der Waals surface area contributed by atoms with Gasteiger partial charge in [-0.1, -0.05) is 0 Å². The maximum atomic E-state index is 5.98. The summed E-state index contributed by atoms with van der Waals surface area (Å²) in [5.41, 5.74) is 2.01. The molecule has 8 heteroatoms. The van der Waals surface area contributed by atoms with E-state index >= 15 is 0 Å². The summed E-state index contributed by atoms with van der Waals surface area (Å²) in [5, 5.41) is 16.8. The predicted octanol–water partition coefficient (Wildman–Crippen LogP) is 2.34. The molecule has 0 unspecified atom stereocenters. The van der Waals surface area contributed by atoms with Crippen LogP contribution < -0.4 is 0 Å². The molecule has 0 amide bonds. The van der Waals surface area contributed by atoms with Gasteiger partial charge >= 0.3 is 0 Å². The number of hydrogen-bond acceptors (Lipinski definition) is 6. The molecule has 0 spiro atoms. The molecular formula is C17H20N6O2. The molecule has 4 rings (SSSR count). The Morgan fingerprint density at radius 2 is 2.12 bits per heavy atom. The highest BCUT2D eigenvalue weighted by molar-refractivity contribution is 5.63. The number of aromatic nitrogens is 6. The van der Waals surface area contributed by atoms with Crippen LogP contribution in [0.3, 0.4) is 0 Å². The highest BCUT2D eigenvalue weighted by Gasteiger charge is 2.33. The molecule has 1 aliphatic heterocycles. The van der Waals surface area contributed by atoms with Gasteiger partial charge in [-0.2, -0.15) is 10.2 Å². The molecule has 0 radical (unpaired) electrons. The van der Waals surface area contributed by atoms with Crippen LogP contribution in [0.2, 0.25) is 0 Å². The first-order valence-corrected chi connectivity index (χ1v) is 8.30. The number of ether oxygens (including phenoxy) is 1. The maximum absolute atomic E-state index is 5.98. The zero-order chi connectivity index (χ0) is 17.2. The van der Waals surface area contributed by atoms with E-state index in [9.17, 15) is 0 Å². The Hall–Kier alpha value is -2.74. The van der Waals surface area contributed by atoms with Gasteiger partial charge in [0, 0.05) is 44.7 Å². The van der Waals surface area contributed by atoms with Crippen LogP contribution in [0.4, 0.5) is 0 Å². The molecule has 0 aromatic carbocycles. The molecule has 4 heterocycles. The van der Waals surface area contributed by atoms with Crippen LogP contribution in [-0.2, 0) is 18.8 Å². The molecular weight excluding hydrogens is 320 g/mol.